The molecule has 6 nitrogen and oxygen atoms in total. The quantitative estimate of drug-likeness (QED) is 0.798. The highest BCUT2D eigenvalue weighted by Gasteiger charge is 2.22. The largest absolute Gasteiger partial charge is 0.493 e. The van der Waals surface area contributed by atoms with Crippen LogP contribution in [0.2, 0.25) is 5.02 Å². The molecule has 1 rings (SSSR count). The van der Waals surface area contributed by atoms with Gasteiger partial charge in [-0.1, -0.05) is 11.6 Å². The molecule has 0 fully saturated rings. The number of halogens is 1. The van der Waals surface area contributed by atoms with Gasteiger partial charge in [-0.25, -0.2) is 4.79 Å². The van der Waals surface area contributed by atoms with Crippen LogP contribution in [0.3, 0.4) is 0 Å². The predicted octanol–water partition coefficient (Wildman–Crippen LogP) is 1.57. The predicted molar refractivity (Wildman–Crippen MR) is 73.4 cm³/mol. The van der Waals surface area contributed by atoms with Gasteiger partial charge >= 0.3 is 5.97 Å². The van der Waals surface area contributed by atoms with Crippen molar-refractivity contribution in [1.82, 2.24) is 5.32 Å². The first-order valence-electron chi connectivity index (χ1n) is 5.94. The van der Waals surface area contributed by atoms with Crippen LogP contribution < -0.4 is 10.1 Å². The first-order valence-corrected chi connectivity index (χ1v) is 6.32. The fraction of sp³-hybridized carbons (Fsp3) is 0.385. The van der Waals surface area contributed by atoms with Gasteiger partial charge in [-0.3, -0.25) is 4.79 Å². The molecule has 0 aliphatic heterocycles. The van der Waals surface area contributed by atoms with E-state index >= 15 is 0 Å². The van der Waals surface area contributed by atoms with E-state index in [9.17, 15) is 9.59 Å². The van der Waals surface area contributed by atoms with E-state index in [-0.39, 0.29) is 12.2 Å². The van der Waals surface area contributed by atoms with E-state index in [0.717, 1.165) is 0 Å². The van der Waals surface area contributed by atoms with E-state index in [1.807, 2.05) is 0 Å². The second-order valence-corrected chi connectivity index (χ2v) is 4.33. The molecule has 0 heterocycles. The van der Waals surface area contributed by atoms with Gasteiger partial charge in [-0.2, -0.15) is 0 Å². The van der Waals surface area contributed by atoms with Crippen LogP contribution in [-0.2, 0) is 9.53 Å². The third-order valence-electron chi connectivity index (χ3n) is 2.42. The zero-order valence-corrected chi connectivity index (χ0v) is 11.9. The summed E-state index contributed by atoms with van der Waals surface area (Å²) < 4.78 is 10.1. The molecule has 20 heavy (non-hydrogen) atoms. The Labute approximate surface area is 121 Å². The average Bonchev–Trinajstić information content (AvgIpc) is 2.38. The number of nitrogens with one attached hydrogen (secondary N) is 1. The van der Waals surface area contributed by atoms with Crippen molar-refractivity contribution in [3.63, 3.8) is 0 Å². The second kappa shape index (κ2) is 7.72. The van der Waals surface area contributed by atoms with Gasteiger partial charge in [0.1, 0.15) is 5.75 Å². The second-order valence-electron chi connectivity index (χ2n) is 3.89. The van der Waals surface area contributed by atoms with Crippen molar-refractivity contribution in [2.75, 3.05) is 20.3 Å². The summed E-state index contributed by atoms with van der Waals surface area (Å²) in [6, 6.07) is 3.39. The Morgan fingerprint density at radius 3 is 2.70 bits per heavy atom. The zero-order chi connectivity index (χ0) is 15.1. The lowest BCUT2D eigenvalue weighted by Crippen LogP contribution is -2.43. The number of ether oxygens (including phenoxy) is 2. The van der Waals surface area contributed by atoms with Crippen LogP contribution in [0, 0.1) is 0 Å². The van der Waals surface area contributed by atoms with E-state index < -0.39 is 17.9 Å². The molecule has 0 bridgehead atoms. The maximum absolute atomic E-state index is 12.1. The normalized spacial score (nSPS) is 11.8. The summed E-state index contributed by atoms with van der Waals surface area (Å²) in [5.41, 5.74) is 0.221. The average molecular weight is 302 g/mol. The lowest BCUT2D eigenvalue weighted by atomic mass is 10.1. The molecule has 1 atom stereocenters. The summed E-state index contributed by atoms with van der Waals surface area (Å²) in [5, 5.41) is 11.8. The highest BCUT2D eigenvalue weighted by molar-refractivity contribution is 6.30. The van der Waals surface area contributed by atoms with Crippen LogP contribution in [0.15, 0.2) is 18.2 Å². The van der Waals surface area contributed by atoms with Crippen molar-refractivity contribution >= 4 is 23.5 Å². The topological polar surface area (TPSA) is 84.9 Å². The number of methoxy groups -OCH3 is 1. The Morgan fingerprint density at radius 2 is 2.15 bits per heavy atom. The lowest BCUT2D eigenvalue weighted by molar-refractivity contribution is -0.140. The molecule has 0 aromatic heterocycles. The van der Waals surface area contributed by atoms with Crippen molar-refractivity contribution in [3.05, 3.63) is 28.8 Å². The fourth-order valence-corrected chi connectivity index (χ4v) is 1.70. The van der Waals surface area contributed by atoms with Crippen LogP contribution >= 0.6 is 11.6 Å². The van der Waals surface area contributed by atoms with Gasteiger partial charge in [-0.05, 0) is 25.1 Å². The molecule has 2 N–H and O–H groups in total. The molecule has 1 amide bonds. The van der Waals surface area contributed by atoms with Crippen LogP contribution in [0.5, 0.6) is 5.75 Å². The molecule has 1 unspecified atom stereocenters. The highest BCUT2D eigenvalue weighted by Crippen LogP contribution is 2.23. The maximum Gasteiger partial charge on any atom is 0.328 e. The number of rotatable bonds is 7. The minimum absolute atomic E-state index is 0.126. The van der Waals surface area contributed by atoms with Crippen LogP contribution in [0.1, 0.15) is 17.3 Å². The minimum Gasteiger partial charge on any atom is -0.493 e. The van der Waals surface area contributed by atoms with Gasteiger partial charge in [0.05, 0.1) is 18.8 Å². The Balaban J connectivity index is 2.93. The molecule has 0 aliphatic carbocycles. The lowest BCUT2D eigenvalue weighted by Gasteiger charge is -2.15. The zero-order valence-electron chi connectivity index (χ0n) is 11.2. The van der Waals surface area contributed by atoms with Crippen molar-refractivity contribution in [1.29, 1.82) is 0 Å². The van der Waals surface area contributed by atoms with Crippen molar-refractivity contribution in [2.24, 2.45) is 0 Å². The summed E-state index contributed by atoms with van der Waals surface area (Å²) in [5.74, 6) is -1.43. The molecule has 0 radical (unpaired) electrons. The van der Waals surface area contributed by atoms with Crippen molar-refractivity contribution in [3.8, 4) is 5.75 Å². The number of carboxylic acids is 1. The van der Waals surface area contributed by atoms with Gasteiger partial charge in [0, 0.05) is 12.1 Å². The SMILES string of the molecule is CCOc1cc(Cl)ccc1C(=O)NC(COC)C(=O)O. The maximum atomic E-state index is 12.1. The summed E-state index contributed by atoms with van der Waals surface area (Å²) in [7, 11) is 1.36. The monoisotopic (exact) mass is 301 g/mol. The molecule has 0 saturated carbocycles. The number of carbonyl (C=O) groups excluding carboxylic acids is 1. The molecular weight excluding hydrogens is 286 g/mol. The standard InChI is InChI=1S/C13H16ClNO5/c1-3-20-11-6-8(14)4-5-9(11)12(16)15-10(7-19-2)13(17)18/h4-6,10H,3,7H2,1-2H3,(H,15,16)(H,17,18). The van der Waals surface area contributed by atoms with Crippen molar-refractivity contribution in [2.45, 2.75) is 13.0 Å². The Bertz CT molecular complexity index is 492. The van der Waals surface area contributed by atoms with E-state index in [1.165, 1.54) is 25.3 Å². The van der Waals surface area contributed by atoms with Crippen LogP contribution in [0.4, 0.5) is 0 Å². The smallest absolute Gasteiger partial charge is 0.328 e. The van der Waals surface area contributed by atoms with Gasteiger partial charge < -0.3 is 19.9 Å². The van der Waals surface area contributed by atoms with E-state index in [2.05, 4.69) is 5.32 Å². The van der Waals surface area contributed by atoms with E-state index in [0.29, 0.717) is 17.4 Å². The van der Waals surface area contributed by atoms with Gasteiger partial charge in [-0.15, -0.1) is 0 Å². The van der Waals surface area contributed by atoms with Gasteiger partial charge in [0.25, 0.3) is 5.91 Å². The van der Waals surface area contributed by atoms with E-state index in [4.69, 9.17) is 26.2 Å². The Morgan fingerprint density at radius 1 is 1.45 bits per heavy atom. The summed E-state index contributed by atoms with van der Waals surface area (Å²) in [4.78, 5) is 23.1. The number of carbonyl (C=O) groups is 2. The van der Waals surface area contributed by atoms with Crippen LogP contribution in [0.25, 0.3) is 0 Å². The highest BCUT2D eigenvalue weighted by atomic mass is 35.5. The third-order valence-corrected chi connectivity index (χ3v) is 2.66. The summed E-state index contributed by atoms with van der Waals surface area (Å²) in [6.07, 6.45) is 0. The first kappa shape index (κ1) is 16.3. The third kappa shape index (κ3) is 4.40. The minimum atomic E-state index is -1.17. The van der Waals surface area contributed by atoms with E-state index in [1.54, 1.807) is 6.92 Å². The Kier molecular flexibility index (Phi) is 6.27. The molecular formula is C13H16ClNO5. The number of amides is 1. The number of hydrogen-bond acceptors (Lipinski definition) is 4. The summed E-state index contributed by atoms with van der Waals surface area (Å²) in [6.45, 7) is 2.01. The summed E-state index contributed by atoms with van der Waals surface area (Å²) >= 11 is 5.84. The Hall–Kier alpha value is -1.79. The van der Waals surface area contributed by atoms with Gasteiger partial charge in [0.15, 0.2) is 6.04 Å². The number of hydrogen-bond donors (Lipinski definition) is 2. The molecule has 1 aromatic carbocycles. The number of carboxylic acid groups (broad SMARTS) is 1. The number of benzene rings is 1. The first-order chi connectivity index (χ1) is 9.49. The molecule has 7 heteroatoms. The molecule has 0 saturated heterocycles. The van der Waals surface area contributed by atoms with Gasteiger partial charge in [0.2, 0.25) is 0 Å². The molecule has 0 spiro atoms. The fourth-order valence-electron chi connectivity index (χ4n) is 1.54. The van der Waals surface area contributed by atoms with Crippen molar-refractivity contribution < 1.29 is 24.2 Å². The van der Waals surface area contributed by atoms with Crippen LogP contribution in [-0.4, -0.2) is 43.3 Å². The molecule has 1 aromatic rings. The number of aliphatic carboxylic acids is 1. The molecule has 0 aliphatic rings. The molecule has 110 valence electrons.